The molecule has 0 rings (SSSR count). The van der Waals surface area contributed by atoms with Crippen molar-refractivity contribution in [3.8, 4) is 0 Å². The predicted molar refractivity (Wildman–Crippen MR) is 49.8 cm³/mol. The molecule has 0 fully saturated rings. The zero-order chi connectivity index (χ0) is 11.1. The Bertz CT molecular complexity index is 265. The second-order valence-corrected chi connectivity index (χ2v) is 3.20. The summed E-state index contributed by atoms with van der Waals surface area (Å²) in [7, 11) is 0. The maximum atomic E-state index is 11.1. The molecule has 0 aromatic heterocycles. The van der Waals surface area contributed by atoms with Gasteiger partial charge in [0, 0.05) is 6.42 Å². The summed E-state index contributed by atoms with van der Waals surface area (Å²) in [6.45, 7) is 2.95. The van der Waals surface area contributed by atoms with Crippen molar-refractivity contribution < 1.29 is 19.2 Å². The Morgan fingerprint density at radius 2 is 1.21 bits per heavy atom. The Labute approximate surface area is 82.7 Å². The van der Waals surface area contributed by atoms with E-state index in [-0.39, 0.29) is 30.8 Å². The molecule has 0 saturated carbocycles. The first-order valence-corrected chi connectivity index (χ1v) is 4.50. The molecule has 4 nitrogen and oxygen atoms in total. The van der Waals surface area contributed by atoms with Crippen LogP contribution in [-0.2, 0) is 19.2 Å². The molecule has 0 radical (unpaired) electrons. The summed E-state index contributed by atoms with van der Waals surface area (Å²) in [5, 5.41) is 0. The zero-order valence-electron chi connectivity index (χ0n) is 8.46. The molecule has 0 atom stereocenters. The minimum absolute atomic E-state index is 0.175. The highest BCUT2D eigenvalue weighted by atomic mass is 16.2. The molecule has 0 saturated heterocycles. The lowest BCUT2D eigenvalue weighted by atomic mass is 10.1. The first-order chi connectivity index (χ1) is 6.45. The summed E-state index contributed by atoms with van der Waals surface area (Å²) >= 11 is 0. The van der Waals surface area contributed by atoms with Crippen molar-refractivity contribution in [1.82, 2.24) is 0 Å². The first kappa shape index (κ1) is 12.7. The average Bonchev–Trinajstić information content (AvgIpc) is 2.01. The minimum Gasteiger partial charge on any atom is -0.300 e. The SMILES string of the molecule is CCC(=O)CC(=O)CC(=O)CC(C)=O. The van der Waals surface area contributed by atoms with Gasteiger partial charge in [-0.1, -0.05) is 6.92 Å². The number of hydrogen-bond donors (Lipinski definition) is 0. The molecule has 0 aliphatic carbocycles. The molecule has 4 heteroatoms. The van der Waals surface area contributed by atoms with Crippen LogP contribution in [0.4, 0.5) is 0 Å². The molecule has 0 unspecified atom stereocenters. The number of rotatable bonds is 7. The van der Waals surface area contributed by atoms with Gasteiger partial charge in [0.2, 0.25) is 0 Å². The van der Waals surface area contributed by atoms with Crippen molar-refractivity contribution in [2.75, 3.05) is 0 Å². The highest BCUT2D eigenvalue weighted by Gasteiger charge is 2.13. The molecule has 0 bridgehead atoms. The molecular weight excluding hydrogens is 184 g/mol. The lowest BCUT2D eigenvalue weighted by molar-refractivity contribution is -0.130. The van der Waals surface area contributed by atoms with Crippen molar-refractivity contribution in [1.29, 1.82) is 0 Å². The second-order valence-electron chi connectivity index (χ2n) is 3.20. The van der Waals surface area contributed by atoms with Gasteiger partial charge in [-0.25, -0.2) is 0 Å². The van der Waals surface area contributed by atoms with Crippen LogP contribution in [0.1, 0.15) is 39.5 Å². The number of carbonyl (C=O) groups excluding carboxylic acids is 4. The van der Waals surface area contributed by atoms with E-state index in [2.05, 4.69) is 0 Å². The van der Waals surface area contributed by atoms with E-state index in [1.165, 1.54) is 6.92 Å². The van der Waals surface area contributed by atoms with E-state index >= 15 is 0 Å². The van der Waals surface area contributed by atoms with Gasteiger partial charge in [-0.2, -0.15) is 0 Å². The van der Waals surface area contributed by atoms with Gasteiger partial charge < -0.3 is 0 Å². The van der Waals surface area contributed by atoms with E-state index < -0.39 is 11.6 Å². The van der Waals surface area contributed by atoms with Crippen molar-refractivity contribution in [2.45, 2.75) is 39.5 Å². The van der Waals surface area contributed by atoms with Crippen LogP contribution in [0.3, 0.4) is 0 Å². The molecule has 0 aromatic carbocycles. The fourth-order valence-corrected chi connectivity index (χ4v) is 0.967. The predicted octanol–water partition coefficient (Wildman–Crippen LogP) is 0.863. The van der Waals surface area contributed by atoms with Crippen LogP contribution in [0.2, 0.25) is 0 Å². The monoisotopic (exact) mass is 198 g/mol. The third kappa shape index (κ3) is 6.22. The molecule has 0 spiro atoms. The number of carbonyl (C=O) groups is 4. The van der Waals surface area contributed by atoms with Crippen molar-refractivity contribution in [3.63, 3.8) is 0 Å². The Morgan fingerprint density at radius 3 is 1.64 bits per heavy atom. The molecule has 0 aliphatic heterocycles. The van der Waals surface area contributed by atoms with E-state index in [1.54, 1.807) is 6.92 Å². The van der Waals surface area contributed by atoms with Crippen LogP contribution in [0.25, 0.3) is 0 Å². The molecule has 0 heterocycles. The third-order valence-electron chi connectivity index (χ3n) is 1.63. The van der Waals surface area contributed by atoms with E-state index in [4.69, 9.17) is 0 Å². The van der Waals surface area contributed by atoms with E-state index in [0.717, 1.165) is 0 Å². The van der Waals surface area contributed by atoms with Crippen LogP contribution in [0, 0.1) is 0 Å². The van der Waals surface area contributed by atoms with Gasteiger partial charge in [0.15, 0.2) is 0 Å². The Kier molecular flexibility index (Phi) is 5.60. The Balaban J connectivity index is 3.88. The van der Waals surface area contributed by atoms with Gasteiger partial charge in [0.25, 0.3) is 0 Å². The number of ketones is 4. The fraction of sp³-hybridized carbons (Fsp3) is 0.600. The second kappa shape index (κ2) is 6.18. The van der Waals surface area contributed by atoms with Crippen molar-refractivity contribution in [3.05, 3.63) is 0 Å². The molecule has 0 amide bonds. The first-order valence-electron chi connectivity index (χ1n) is 4.50. The standard InChI is InChI=1S/C10H14O4/c1-3-8(12)5-10(14)6-9(13)4-7(2)11/h3-6H2,1-2H3. The van der Waals surface area contributed by atoms with E-state index in [1.807, 2.05) is 0 Å². The van der Waals surface area contributed by atoms with Crippen molar-refractivity contribution >= 4 is 23.1 Å². The summed E-state index contributed by atoms with van der Waals surface area (Å²) in [6, 6.07) is 0. The van der Waals surface area contributed by atoms with Crippen LogP contribution in [0.5, 0.6) is 0 Å². The maximum absolute atomic E-state index is 11.1. The molecular formula is C10H14O4. The summed E-state index contributed by atoms with van der Waals surface area (Å²) in [6.07, 6.45) is -0.413. The van der Waals surface area contributed by atoms with Gasteiger partial charge in [-0.05, 0) is 6.92 Å². The zero-order valence-corrected chi connectivity index (χ0v) is 8.46. The van der Waals surface area contributed by atoms with Gasteiger partial charge in [0.1, 0.15) is 23.1 Å². The number of Topliss-reactive ketones (excluding diaryl/α,β-unsaturated/α-hetero) is 4. The largest absolute Gasteiger partial charge is 0.300 e. The summed E-state index contributed by atoms with van der Waals surface area (Å²) in [5.74, 6) is -1.25. The van der Waals surface area contributed by atoms with E-state index in [0.29, 0.717) is 6.42 Å². The van der Waals surface area contributed by atoms with Gasteiger partial charge in [-0.15, -0.1) is 0 Å². The normalized spacial score (nSPS) is 9.57. The molecule has 0 N–H and O–H groups in total. The highest BCUT2D eigenvalue weighted by molar-refractivity contribution is 6.10. The summed E-state index contributed by atoms with van der Waals surface area (Å²) in [4.78, 5) is 43.4. The molecule has 14 heavy (non-hydrogen) atoms. The van der Waals surface area contributed by atoms with Crippen LogP contribution in [-0.4, -0.2) is 23.1 Å². The van der Waals surface area contributed by atoms with Gasteiger partial charge in [0.05, 0.1) is 19.3 Å². The van der Waals surface area contributed by atoms with E-state index in [9.17, 15) is 19.2 Å². The molecule has 0 aromatic rings. The lowest BCUT2D eigenvalue weighted by Gasteiger charge is -1.97. The van der Waals surface area contributed by atoms with Crippen LogP contribution in [0.15, 0.2) is 0 Å². The topological polar surface area (TPSA) is 68.3 Å². The fourth-order valence-electron chi connectivity index (χ4n) is 0.967. The Hall–Kier alpha value is -1.32. The quantitative estimate of drug-likeness (QED) is 0.569. The number of hydrogen-bond acceptors (Lipinski definition) is 4. The van der Waals surface area contributed by atoms with Gasteiger partial charge in [-0.3, -0.25) is 19.2 Å². The Morgan fingerprint density at radius 1 is 0.786 bits per heavy atom. The summed E-state index contributed by atoms with van der Waals surface area (Å²) in [5.41, 5.74) is 0. The van der Waals surface area contributed by atoms with Crippen LogP contribution < -0.4 is 0 Å². The molecule has 0 aliphatic rings. The van der Waals surface area contributed by atoms with Crippen molar-refractivity contribution in [2.24, 2.45) is 0 Å². The highest BCUT2D eigenvalue weighted by Crippen LogP contribution is 1.98. The smallest absolute Gasteiger partial charge is 0.147 e. The van der Waals surface area contributed by atoms with Gasteiger partial charge >= 0.3 is 0 Å². The average molecular weight is 198 g/mol. The van der Waals surface area contributed by atoms with Crippen LogP contribution >= 0.6 is 0 Å². The minimum atomic E-state index is -0.411. The lowest BCUT2D eigenvalue weighted by Crippen LogP contribution is -2.13. The maximum Gasteiger partial charge on any atom is 0.147 e. The molecule has 78 valence electrons. The summed E-state index contributed by atoms with van der Waals surface area (Å²) < 4.78 is 0. The third-order valence-corrected chi connectivity index (χ3v) is 1.63.